The van der Waals surface area contributed by atoms with Crippen LogP contribution in [0.4, 0.5) is 15.8 Å². The van der Waals surface area contributed by atoms with Crippen molar-refractivity contribution in [1.82, 2.24) is 0 Å². The van der Waals surface area contributed by atoms with Crippen molar-refractivity contribution < 1.29 is 4.39 Å². The molecule has 106 valence electrons. The molecule has 1 aliphatic heterocycles. The largest absolute Gasteiger partial charge is 0.397 e. The number of nitrogens with zero attached hydrogens (tertiary/aromatic N) is 1. The van der Waals surface area contributed by atoms with E-state index >= 15 is 0 Å². The van der Waals surface area contributed by atoms with Gasteiger partial charge in [-0.2, -0.15) is 0 Å². The van der Waals surface area contributed by atoms with Gasteiger partial charge < -0.3 is 10.6 Å². The fourth-order valence-corrected chi connectivity index (χ4v) is 3.03. The van der Waals surface area contributed by atoms with Gasteiger partial charge in [0.25, 0.3) is 0 Å². The predicted molar refractivity (Wildman–Crippen MR) is 80.2 cm³/mol. The number of nitrogen functional groups attached to an aromatic ring is 1. The van der Waals surface area contributed by atoms with Crippen molar-refractivity contribution in [2.75, 3.05) is 23.7 Å². The number of halogens is 2. The molecule has 0 spiro atoms. The molecular formula is C15H22ClFN2. The Balaban J connectivity index is 2.16. The summed E-state index contributed by atoms with van der Waals surface area (Å²) < 4.78 is 13.6. The molecule has 0 aromatic heterocycles. The average Bonchev–Trinajstić information content (AvgIpc) is 2.59. The van der Waals surface area contributed by atoms with Crippen LogP contribution in [-0.2, 0) is 0 Å². The molecule has 1 fully saturated rings. The second kappa shape index (κ2) is 6.00. The topological polar surface area (TPSA) is 29.3 Å². The van der Waals surface area contributed by atoms with E-state index in [1.54, 1.807) is 0 Å². The summed E-state index contributed by atoms with van der Waals surface area (Å²) in [7, 11) is 0. The first-order chi connectivity index (χ1) is 8.99. The van der Waals surface area contributed by atoms with Gasteiger partial charge >= 0.3 is 0 Å². The fraction of sp³-hybridized carbons (Fsp3) is 0.600. The van der Waals surface area contributed by atoms with Gasteiger partial charge in [0.15, 0.2) is 0 Å². The molecule has 1 heterocycles. The highest BCUT2D eigenvalue weighted by atomic mass is 35.5. The maximum atomic E-state index is 13.6. The van der Waals surface area contributed by atoms with Gasteiger partial charge in [0, 0.05) is 19.2 Å². The van der Waals surface area contributed by atoms with Crippen molar-refractivity contribution in [2.24, 2.45) is 11.8 Å². The summed E-state index contributed by atoms with van der Waals surface area (Å²) in [6.45, 7) is 6.43. The summed E-state index contributed by atoms with van der Waals surface area (Å²) in [4.78, 5) is 2.19. The average molecular weight is 285 g/mol. The van der Waals surface area contributed by atoms with E-state index in [0.29, 0.717) is 11.6 Å². The minimum atomic E-state index is -0.393. The zero-order valence-electron chi connectivity index (χ0n) is 11.6. The summed E-state index contributed by atoms with van der Waals surface area (Å²) >= 11 is 5.75. The number of rotatable bonds is 2. The van der Waals surface area contributed by atoms with Gasteiger partial charge in [-0.3, -0.25) is 0 Å². The minimum absolute atomic E-state index is 0.0936. The predicted octanol–water partition coefficient (Wildman–Crippen LogP) is 4.32. The maximum Gasteiger partial charge on any atom is 0.144 e. The lowest BCUT2D eigenvalue weighted by molar-refractivity contribution is 0.351. The van der Waals surface area contributed by atoms with Gasteiger partial charge in [-0.1, -0.05) is 25.4 Å². The van der Waals surface area contributed by atoms with Gasteiger partial charge in [0.1, 0.15) is 5.82 Å². The highest BCUT2D eigenvalue weighted by Gasteiger charge is 2.21. The van der Waals surface area contributed by atoms with Crippen molar-refractivity contribution in [1.29, 1.82) is 0 Å². The lowest BCUT2D eigenvalue weighted by atomic mass is 9.89. The zero-order valence-corrected chi connectivity index (χ0v) is 12.4. The van der Waals surface area contributed by atoms with Crippen molar-refractivity contribution >= 4 is 23.0 Å². The third-order valence-corrected chi connectivity index (χ3v) is 4.42. The first-order valence-electron chi connectivity index (χ1n) is 6.98. The van der Waals surface area contributed by atoms with Crippen LogP contribution in [0.25, 0.3) is 0 Å². The van der Waals surface area contributed by atoms with Crippen LogP contribution in [0.2, 0.25) is 5.02 Å². The highest BCUT2D eigenvalue weighted by Crippen LogP contribution is 2.32. The Kier molecular flexibility index (Phi) is 4.56. The second-order valence-electron chi connectivity index (χ2n) is 5.75. The van der Waals surface area contributed by atoms with E-state index in [1.165, 1.54) is 18.6 Å². The molecular weight excluding hydrogens is 263 g/mol. The van der Waals surface area contributed by atoms with E-state index in [2.05, 4.69) is 18.7 Å². The van der Waals surface area contributed by atoms with Crippen LogP contribution in [0.1, 0.15) is 33.1 Å². The molecule has 1 atom stereocenters. The Morgan fingerprint density at radius 2 is 2.05 bits per heavy atom. The molecule has 0 amide bonds. The second-order valence-corrected chi connectivity index (χ2v) is 6.15. The molecule has 0 bridgehead atoms. The standard InChI is InChI=1S/C15H22ClFN2/c1-10(2)11-4-3-6-19(7-5-11)15-9-13(17)12(16)8-14(15)18/h8-11H,3-7,18H2,1-2H3. The van der Waals surface area contributed by atoms with Crippen LogP contribution in [0.5, 0.6) is 0 Å². The zero-order chi connectivity index (χ0) is 14.0. The number of anilines is 2. The Morgan fingerprint density at radius 1 is 1.32 bits per heavy atom. The first kappa shape index (κ1) is 14.4. The van der Waals surface area contributed by atoms with E-state index in [0.717, 1.165) is 37.5 Å². The van der Waals surface area contributed by atoms with Gasteiger partial charge in [-0.15, -0.1) is 0 Å². The molecule has 1 unspecified atom stereocenters. The van der Waals surface area contributed by atoms with Crippen molar-refractivity contribution in [3.05, 3.63) is 23.0 Å². The van der Waals surface area contributed by atoms with Gasteiger partial charge in [-0.25, -0.2) is 4.39 Å². The minimum Gasteiger partial charge on any atom is -0.397 e. The first-order valence-corrected chi connectivity index (χ1v) is 7.36. The normalized spacial score (nSPS) is 20.7. The van der Waals surface area contributed by atoms with Gasteiger partial charge in [-0.05, 0) is 37.2 Å². The third-order valence-electron chi connectivity index (χ3n) is 4.13. The third kappa shape index (κ3) is 3.33. The molecule has 1 aromatic rings. The molecule has 2 nitrogen and oxygen atoms in total. The van der Waals surface area contributed by atoms with E-state index in [-0.39, 0.29) is 5.02 Å². The van der Waals surface area contributed by atoms with Crippen LogP contribution in [0.15, 0.2) is 12.1 Å². The van der Waals surface area contributed by atoms with Crippen LogP contribution < -0.4 is 10.6 Å². The molecule has 2 N–H and O–H groups in total. The van der Waals surface area contributed by atoms with Crippen molar-refractivity contribution in [2.45, 2.75) is 33.1 Å². The summed E-state index contributed by atoms with van der Waals surface area (Å²) in [6, 6.07) is 2.98. The Bertz CT molecular complexity index is 448. The molecule has 1 saturated heterocycles. The molecule has 2 rings (SSSR count). The number of benzene rings is 1. The molecule has 19 heavy (non-hydrogen) atoms. The quantitative estimate of drug-likeness (QED) is 0.819. The number of nitrogens with two attached hydrogens (primary N) is 1. The van der Waals surface area contributed by atoms with Gasteiger partial charge in [0.05, 0.1) is 16.4 Å². The molecule has 0 radical (unpaired) electrons. The van der Waals surface area contributed by atoms with Crippen molar-refractivity contribution in [3.63, 3.8) is 0 Å². The highest BCUT2D eigenvalue weighted by molar-refractivity contribution is 6.31. The lowest BCUT2D eigenvalue weighted by Gasteiger charge is -2.25. The smallest absolute Gasteiger partial charge is 0.144 e. The van der Waals surface area contributed by atoms with E-state index in [9.17, 15) is 4.39 Å². The van der Waals surface area contributed by atoms with E-state index in [4.69, 9.17) is 17.3 Å². The molecule has 1 aliphatic rings. The molecule has 0 saturated carbocycles. The van der Waals surface area contributed by atoms with Crippen LogP contribution >= 0.6 is 11.6 Å². The maximum absolute atomic E-state index is 13.6. The van der Waals surface area contributed by atoms with Gasteiger partial charge in [0.2, 0.25) is 0 Å². The summed E-state index contributed by atoms with van der Waals surface area (Å²) in [5.74, 6) is 1.07. The molecule has 0 aliphatic carbocycles. The lowest BCUT2D eigenvalue weighted by Crippen LogP contribution is -2.25. The Morgan fingerprint density at radius 3 is 2.74 bits per heavy atom. The summed E-state index contributed by atoms with van der Waals surface area (Å²) in [6.07, 6.45) is 3.51. The molecule has 4 heteroatoms. The van der Waals surface area contributed by atoms with Crippen LogP contribution in [0, 0.1) is 17.7 Å². The Hall–Kier alpha value is -0.960. The number of hydrogen-bond donors (Lipinski definition) is 1. The Labute approximate surface area is 119 Å². The number of hydrogen-bond acceptors (Lipinski definition) is 2. The van der Waals surface area contributed by atoms with E-state index in [1.807, 2.05) is 0 Å². The molecule has 1 aromatic carbocycles. The SMILES string of the molecule is CC(C)C1CCCN(c2cc(F)c(Cl)cc2N)CC1. The van der Waals surface area contributed by atoms with Crippen LogP contribution in [0.3, 0.4) is 0 Å². The summed E-state index contributed by atoms with van der Waals surface area (Å²) in [5.41, 5.74) is 7.32. The summed E-state index contributed by atoms with van der Waals surface area (Å²) in [5, 5.41) is 0.0936. The van der Waals surface area contributed by atoms with Crippen LogP contribution in [-0.4, -0.2) is 13.1 Å². The van der Waals surface area contributed by atoms with Crippen molar-refractivity contribution in [3.8, 4) is 0 Å². The van der Waals surface area contributed by atoms with E-state index < -0.39 is 5.82 Å². The monoisotopic (exact) mass is 284 g/mol. The fourth-order valence-electron chi connectivity index (χ4n) is 2.86.